The predicted octanol–water partition coefficient (Wildman–Crippen LogP) is 6.33. The number of likely N-dealkylation sites (tertiary alicyclic amines) is 1. The van der Waals surface area contributed by atoms with Crippen LogP contribution in [0.5, 0.6) is 5.75 Å². The highest BCUT2D eigenvalue weighted by Crippen LogP contribution is 2.33. The Hall–Kier alpha value is -2.79. The second-order valence-corrected chi connectivity index (χ2v) is 9.28. The number of benzene rings is 2. The van der Waals surface area contributed by atoms with Crippen molar-refractivity contribution >= 4 is 28.6 Å². The van der Waals surface area contributed by atoms with Crippen molar-refractivity contribution in [1.29, 1.82) is 0 Å². The zero-order valence-electron chi connectivity index (χ0n) is 18.1. The van der Waals surface area contributed by atoms with E-state index in [1.807, 2.05) is 63.2 Å². The van der Waals surface area contributed by atoms with Gasteiger partial charge in [-0.1, -0.05) is 29.8 Å². The molecule has 0 bridgehead atoms. The molecule has 0 unspecified atom stereocenters. The monoisotopic (exact) mass is 438 g/mol. The second-order valence-electron chi connectivity index (χ2n) is 8.84. The minimum Gasteiger partial charge on any atom is -0.488 e. The topological polar surface area (TPSA) is 51.7 Å². The maximum absolute atomic E-state index is 12.3. The molecule has 1 saturated heterocycles. The fraction of sp³-hybridized carbons (Fsp3) is 0.360. The average molecular weight is 439 g/mol. The first-order valence-electron chi connectivity index (χ1n) is 10.6. The molecule has 0 aliphatic carbocycles. The molecular formula is C25H27ClN2O3. The Kier molecular flexibility index (Phi) is 6.05. The molecule has 2 aromatic carbocycles. The van der Waals surface area contributed by atoms with E-state index in [1.54, 1.807) is 11.1 Å². The number of carbonyl (C=O) groups excluding carboxylic acids is 1. The van der Waals surface area contributed by atoms with Crippen molar-refractivity contribution < 1.29 is 14.3 Å². The molecule has 0 radical (unpaired) electrons. The number of amides is 1. The molecule has 4 rings (SSSR count). The predicted molar refractivity (Wildman–Crippen MR) is 124 cm³/mol. The molecule has 3 aromatic rings. The van der Waals surface area contributed by atoms with E-state index >= 15 is 0 Å². The molecule has 31 heavy (non-hydrogen) atoms. The highest BCUT2D eigenvalue weighted by atomic mass is 35.5. The van der Waals surface area contributed by atoms with Gasteiger partial charge in [0.05, 0.1) is 0 Å². The van der Waals surface area contributed by atoms with Crippen LogP contribution in [0.3, 0.4) is 0 Å². The molecule has 1 aliphatic heterocycles. The minimum atomic E-state index is -0.489. The Labute approximate surface area is 187 Å². The van der Waals surface area contributed by atoms with Crippen LogP contribution in [0, 0.1) is 0 Å². The fourth-order valence-electron chi connectivity index (χ4n) is 3.72. The molecule has 0 saturated carbocycles. The highest BCUT2D eigenvalue weighted by Gasteiger charge is 2.28. The van der Waals surface area contributed by atoms with Crippen LogP contribution in [0.15, 0.2) is 54.7 Å². The van der Waals surface area contributed by atoms with Gasteiger partial charge >= 0.3 is 6.09 Å². The average Bonchev–Trinajstić information content (AvgIpc) is 2.73. The van der Waals surface area contributed by atoms with E-state index in [9.17, 15) is 4.79 Å². The number of nitrogens with zero attached hydrogens (tertiary/aromatic N) is 2. The Morgan fingerprint density at radius 3 is 2.45 bits per heavy atom. The van der Waals surface area contributed by atoms with Gasteiger partial charge in [-0.2, -0.15) is 0 Å². The number of aromatic nitrogens is 1. The van der Waals surface area contributed by atoms with Crippen molar-refractivity contribution in [3.63, 3.8) is 0 Å². The van der Waals surface area contributed by atoms with Crippen molar-refractivity contribution in [3.8, 4) is 16.9 Å². The number of pyridine rings is 1. The normalized spacial score (nSPS) is 15.2. The first-order valence-corrected chi connectivity index (χ1v) is 11.0. The van der Waals surface area contributed by atoms with Crippen molar-refractivity contribution in [2.24, 2.45) is 0 Å². The van der Waals surface area contributed by atoms with Gasteiger partial charge in [0.2, 0.25) is 0 Å². The summed E-state index contributed by atoms with van der Waals surface area (Å²) in [6.45, 7) is 6.87. The van der Waals surface area contributed by atoms with Crippen molar-refractivity contribution in [2.75, 3.05) is 13.1 Å². The number of hydrogen-bond acceptors (Lipinski definition) is 4. The number of rotatable bonds is 3. The van der Waals surface area contributed by atoms with Gasteiger partial charge in [0.25, 0.3) is 0 Å². The first kappa shape index (κ1) is 21.4. The third kappa shape index (κ3) is 5.28. The van der Waals surface area contributed by atoms with Gasteiger partial charge in [-0.15, -0.1) is 0 Å². The third-order valence-corrected chi connectivity index (χ3v) is 5.49. The molecule has 1 amide bonds. The van der Waals surface area contributed by atoms with Crippen LogP contribution in [0.25, 0.3) is 22.0 Å². The second kappa shape index (κ2) is 8.75. The number of halogens is 1. The van der Waals surface area contributed by atoms with E-state index in [2.05, 4.69) is 11.1 Å². The quantitative estimate of drug-likeness (QED) is 0.479. The van der Waals surface area contributed by atoms with Gasteiger partial charge < -0.3 is 14.4 Å². The van der Waals surface area contributed by atoms with Crippen LogP contribution in [0.1, 0.15) is 33.6 Å². The number of fused-ring (bicyclic) bond motifs is 1. The van der Waals surface area contributed by atoms with Gasteiger partial charge in [0.1, 0.15) is 23.0 Å². The molecule has 0 atom stereocenters. The van der Waals surface area contributed by atoms with E-state index in [0.717, 1.165) is 40.6 Å². The molecule has 6 heteroatoms. The molecule has 1 fully saturated rings. The lowest BCUT2D eigenvalue weighted by molar-refractivity contribution is 0.0127. The molecule has 162 valence electrons. The molecule has 5 nitrogen and oxygen atoms in total. The summed E-state index contributed by atoms with van der Waals surface area (Å²) in [7, 11) is 0. The molecule has 1 aromatic heterocycles. The summed E-state index contributed by atoms with van der Waals surface area (Å²) in [5.41, 5.74) is 2.48. The van der Waals surface area contributed by atoms with Crippen molar-refractivity contribution in [1.82, 2.24) is 9.88 Å². The van der Waals surface area contributed by atoms with Crippen molar-refractivity contribution in [2.45, 2.75) is 45.3 Å². The first-order chi connectivity index (χ1) is 14.8. The zero-order valence-corrected chi connectivity index (χ0v) is 18.9. The maximum atomic E-state index is 12.3. The lowest BCUT2D eigenvalue weighted by Crippen LogP contribution is -2.44. The molecule has 0 N–H and O–H groups in total. The number of piperidine rings is 1. The Bertz CT molecular complexity index is 1070. The molecule has 0 spiro atoms. The molecule has 2 heterocycles. The summed E-state index contributed by atoms with van der Waals surface area (Å²) >= 11 is 6.05. The standard InChI is InChI=1S/C25H27ClN2O3/c1-25(2,3)31-24(29)28-13-10-21(11-14-28)30-22-16-19(17-6-8-20(26)9-7-17)15-18-5-4-12-27-23(18)22/h4-9,12,15-16,21H,10-11,13-14H2,1-3H3. The van der Waals surface area contributed by atoms with E-state index in [1.165, 1.54) is 0 Å². The van der Waals surface area contributed by atoms with Gasteiger partial charge in [0.15, 0.2) is 0 Å². The summed E-state index contributed by atoms with van der Waals surface area (Å²) in [6.07, 6.45) is 3.03. The van der Waals surface area contributed by atoms with Crippen LogP contribution in [-0.2, 0) is 4.74 Å². The van der Waals surface area contributed by atoms with E-state index in [0.29, 0.717) is 18.1 Å². The van der Waals surface area contributed by atoms with Crippen LogP contribution < -0.4 is 4.74 Å². The Morgan fingerprint density at radius 1 is 1.06 bits per heavy atom. The summed E-state index contributed by atoms with van der Waals surface area (Å²) in [6, 6.07) is 15.9. The van der Waals surface area contributed by atoms with Crippen LogP contribution >= 0.6 is 11.6 Å². The highest BCUT2D eigenvalue weighted by molar-refractivity contribution is 6.30. The van der Waals surface area contributed by atoms with E-state index < -0.39 is 5.60 Å². The van der Waals surface area contributed by atoms with Crippen molar-refractivity contribution in [3.05, 3.63) is 59.8 Å². The molecule has 1 aliphatic rings. The van der Waals surface area contributed by atoms with E-state index in [4.69, 9.17) is 21.1 Å². The Balaban J connectivity index is 1.52. The summed E-state index contributed by atoms with van der Waals surface area (Å²) in [5, 5.41) is 1.73. The maximum Gasteiger partial charge on any atom is 0.410 e. The SMILES string of the molecule is CC(C)(C)OC(=O)N1CCC(Oc2cc(-c3ccc(Cl)cc3)cc3cccnc23)CC1. The summed E-state index contributed by atoms with van der Waals surface area (Å²) < 4.78 is 11.9. The van der Waals surface area contributed by atoms with Gasteiger partial charge in [-0.3, -0.25) is 4.98 Å². The van der Waals surface area contributed by atoms with Crippen LogP contribution in [0.4, 0.5) is 4.79 Å². The van der Waals surface area contributed by atoms with Gasteiger partial charge in [-0.25, -0.2) is 4.79 Å². The number of ether oxygens (including phenoxy) is 2. The number of carbonyl (C=O) groups is 1. The van der Waals surface area contributed by atoms with Crippen LogP contribution in [0.2, 0.25) is 5.02 Å². The van der Waals surface area contributed by atoms with Gasteiger partial charge in [-0.05, 0) is 62.2 Å². The summed E-state index contributed by atoms with van der Waals surface area (Å²) in [4.78, 5) is 18.6. The van der Waals surface area contributed by atoms with Crippen LogP contribution in [-0.4, -0.2) is 40.8 Å². The lowest BCUT2D eigenvalue weighted by Gasteiger charge is -2.33. The van der Waals surface area contributed by atoms with E-state index in [-0.39, 0.29) is 12.2 Å². The Morgan fingerprint density at radius 2 is 1.77 bits per heavy atom. The zero-order chi connectivity index (χ0) is 22.0. The summed E-state index contributed by atoms with van der Waals surface area (Å²) in [5.74, 6) is 0.763. The lowest BCUT2D eigenvalue weighted by atomic mass is 10.0. The number of hydrogen-bond donors (Lipinski definition) is 0. The largest absolute Gasteiger partial charge is 0.488 e. The fourth-order valence-corrected chi connectivity index (χ4v) is 3.85. The minimum absolute atomic E-state index is 0.0179. The smallest absolute Gasteiger partial charge is 0.410 e. The third-order valence-electron chi connectivity index (χ3n) is 5.23. The van der Waals surface area contributed by atoms with Gasteiger partial charge in [0, 0.05) is 42.5 Å². The molecular weight excluding hydrogens is 412 g/mol.